The predicted octanol–water partition coefficient (Wildman–Crippen LogP) is 2.79. The van der Waals surface area contributed by atoms with E-state index in [9.17, 15) is 18.3 Å². The fraction of sp³-hybridized carbons (Fsp3) is 0.261. The van der Waals surface area contributed by atoms with Gasteiger partial charge in [0.1, 0.15) is 17.5 Å². The van der Waals surface area contributed by atoms with Crippen molar-refractivity contribution in [1.29, 1.82) is 0 Å². The molecule has 0 radical (unpaired) electrons. The molecule has 0 amide bonds. The topological polar surface area (TPSA) is 88.8 Å². The maximum atomic E-state index is 13.3. The van der Waals surface area contributed by atoms with Crippen LogP contribution in [0.25, 0.3) is 0 Å². The minimum absolute atomic E-state index is 0.0436. The average molecular weight is 441 g/mol. The van der Waals surface area contributed by atoms with Gasteiger partial charge in [-0.1, -0.05) is 24.3 Å². The molecule has 2 aromatic carbocycles. The Balaban J connectivity index is 1.87. The van der Waals surface area contributed by atoms with Crippen LogP contribution in [0.2, 0.25) is 0 Å². The van der Waals surface area contributed by atoms with Gasteiger partial charge in [0.25, 0.3) is 15.6 Å². The number of hydrogen-bond acceptors (Lipinski definition) is 5. The van der Waals surface area contributed by atoms with E-state index in [1.165, 1.54) is 34.1 Å². The number of para-hydroxylation sites is 1. The summed E-state index contributed by atoms with van der Waals surface area (Å²) >= 11 is 0. The molecule has 1 aromatic heterocycles. The number of aromatic nitrogens is 1. The molecule has 4 rings (SSSR count). The summed E-state index contributed by atoms with van der Waals surface area (Å²) in [4.78, 5) is 12.6. The molecule has 1 unspecified atom stereocenters. The van der Waals surface area contributed by atoms with Crippen LogP contribution in [0, 0.1) is 0 Å². The molecule has 3 aromatic rings. The van der Waals surface area contributed by atoms with Crippen LogP contribution < -0.4 is 14.6 Å². The van der Waals surface area contributed by atoms with E-state index < -0.39 is 27.8 Å². The summed E-state index contributed by atoms with van der Waals surface area (Å²) in [6.07, 6.45) is 0.503. The fourth-order valence-electron chi connectivity index (χ4n) is 3.81. The van der Waals surface area contributed by atoms with Crippen LogP contribution in [0.15, 0.2) is 82.6 Å². The number of aliphatic hydroxyl groups is 1. The smallest absolute Gasteiger partial charge is 0.264 e. The first-order chi connectivity index (χ1) is 14.6. The first-order valence-electron chi connectivity index (χ1n) is 9.85. The summed E-state index contributed by atoms with van der Waals surface area (Å²) in [5.74, 6) is 0.428. The van der Waals surface area contributed by atoms with Crippen LogP contribution in [0.4, 0.5) is 5.69 Å². The number of nitrogens with zero attached hydrogens (tertiary/aromatic N) is 2. The maximum absolute atomic E-state index is 13.3. The summed E-state index contributed by atoms with van der Waals surface area (Å²) in [5.41, 5.74) is -0.324. The van der Waals surface area contributed by atoms with Crippen LogP contribution in [0.1, 0.15) is 25.5 Å². The molecule has 0 saturated heterocycles. The SMILES string of the molecule is CN(c1ccccc1)S(=O)(=O)c1ccc2c(c1)C(n1ccccc1=O)[C@H](O)C(C)(C)O2. The van der Waals surface area contributed by atoms with Gasteiger partial charge in [-0.2, -0.15) is 0 Å². The highest BCUT2D eigenvalue weighted by Gasteiger charge is 2.44. The second-order valence-corrected chi connectivity index (χ2v) is 10.0. The maximum Gasteiger partial charge on any atom is 0.264 e. The third-order valence-electron chi connectivity index (χ3n) is 5.61. The molecule has 162 valence electrons. The molecule has 1 N–H and O–H groups in total. The Kier molecular flexibility index (Phi) is 5.15. The molecular weight excluding hydrogens is 416 g/mol. The lowest BCUT2D eigenvalue weighted by atomic mass is 9.86. The molecule has 0 fully saturated rings. The summed E-state index contributed by atoms with van der Waals surface area (Å²) in [6, 6.07) is 17.2. The second kappa shape index (κ2) is 7.55. The van der Waals surface area contributed by atoms with E-state index in [1.54, 1.807) is 62.5 Å². The molecule has 0 saturated carbocycles. The van der Waals surface area contributed by atoms with Crippen molar-refractivity contribution in [1.82, 2.24) is 4.57 Å². The quantitative estimate of drug-likeness (QED) is 0.674. The van der Waals surface area contributed by atoms with Crippen LogP contribution in [0.3, 0.4) is 0 Å². The number of ether oxygens (including phenoxy) is 1. The van der Waals surface area contributed by atoms with Crippen LogP contribution in [0.5, 0.6) is 5.75 Å². The van der Waals surface area contributed by atoms with Crippen molar-refractivity contribution < 1.29 is 18.3 Å². The molecule has 2 heterocycles. The number of hydrogen-bond donors (Lipinski definition) is 1. The number of rotatable bonds is 4. The van der Waals surface area contributed by atoms with E-state index in [1.807, 2.05) is 6.07 Å². The van der Waals surface area contributed by atoms with Crippen molar-refractivity contribution in [3.8, 4) is 5.75 Å². The Labute approximate surface area is 181 Å². The minimum Gasteiger partial charge on any atom is -0.485 e. The molecular formula is C23H24N2O5S. The molecule has 1 aliphatic heterocycles. The van der Waals surface area contributed by atoms with Crippen LogP contribution in [-0.4, -0.2) is 36.8 Å². The van der Waals surface area contributed by atoms with Crippen molar-refractivity contribution in [2.75, 3.05) is 11.4 Å². The highest BCUT2D eigenvalue weighted by molar-refractivity contribution is 7.92. The zero-order valence-corrected chi connectivity index (χ0v) is 18.3. The Morgan fingerprint density at radius 1 is 1.03 bits per heavy atom. The van der Waals surface area contributed by atoms with E-state index in [4.69, 9.17) is 4.74 Å². The molecule has 8 heteroatoms. The first-order valence-corrected chi connectivity index (χ1v) is 11.3. The minimum atomic E-state index is -3.88. The number of pyridine rings is 1. The van der Waals surface area contributed by atoms with Crippen molar-refractivity contribution in [2.45, 2.75) is 36.5 Å². The van der Waals surface area contributed by atoms with E-state index in [0.717, 1.165) is 0 Å². The van der Waals surface area contributed by atoms with Gasteiger partial charge in [-0.3, -0.25) is 9.10 Å². The van der Waals surface area contributed by atoms with Crippen molar-refractivity contribution >= 4 is 15.7 Å². The first kappa shape index (κ1) is 21.1. The van der Waals surface area contributed by atoms with Gasteiger partial charge in [0.15, 0.2) is 0 Å². The number of sulfonamides is 1. The fourth-order valence-corrected chi connectivity index (χ4v) is 5.04. The summed E-state index contributed by atoms with van der Waals surface area (Å²) in [5, 5.41) is 11.1. The zero-order chi connectivity index (χ0) is 22.4. The van der Waals surface area contributed by atoms with E-state index >= 15 is 0 Å². The largest absolute Gasteiger partial charge is 0.485 e. The summed E-state index contributed by atoms with van der Waals surface area (Å²) < 4.78 is 35.1. The van der Waals surface area contributed by atoms with Gasteiger partial charge in [-0.15, -0.1) is 0 Å². The number of aliphatic hydroxyl groups excluding tert-OH is 1. The Morgan fingerprint density at radius 2 is 1.71 bits per heavy atom. The Hall–Kier alpha value is -3.10. The molecule has 0 bridgehead atoms. The number of anilines is 1. The Morgan fingerprint density at radius 3 is 2.39 bits per heavy atom. The third-order valence-corrected chi connectivity index (χ3v) is 7.39. The van der Waals surface area contributed by atoms with Crippen molar-refractivity contribution in [3.05, 3.63) is 88.8 Å². The molecule has 0 spiro atoms. The van der Waals surface area contributed by atoms with E-state index in [0.29, 0.717) is 17.0 Å². The zero-order valence-electron chi connectivity index (χ0n) is 17.5. The molecule has 2 atom stereocenters. The highest BCUT2D eigenvalue weighted by Crippen LogP contribution is 2.42. The van der Waals surface area contributed by atoms with Crippen LogP contribution in [-0.2, 0) is 10.0 Å². The molecule has 1 aliphatic rings. The predicted molar refractivity (Wildman–Crippen MR) is 118 cm³/mol. The number of benzene rings is 2. The second-order valence-electron chi connectivity index (χ2n) is 8.05. The lowest BCUT2D eigenvalue weighted by molar-refractivity contribution is -0.0643. The standard InChI is InChI=1S/C23H24N2O5S/c1-23(2)22(27)21(25-14-8-7-11-20(25)26)18-15-17(12-13-19(18)30-23)31(28,29)24(3)16-9-5-4-6-10-16/h4-15,21-22,27H,1-3H3/t21?,22-/m0/s1. The average Bonchev–Trinajstić information content (AvgIpc) is 2.75. The van der Waals surface area contributed by atoms with E-state index in [-0.39, 0.29) is 10.5 Å². The Bertz CT molecular complexity index is 1270. The molecule has 31 heavy (non-hydrogen) atoms. The lowest BCUT2D eigenvalue weighted by Crippen LogP contribution is -2.52. The van der Waals surface area contributed by atoms with Gasteiger partial charge >= 0.3 is 0 Å². The number of fused-ring (bicyclic) bond motifs is 1. The van der Waals surface area contributed by atoms with Gasteiger partial charge in [0, 0.05) is 24.9 Å². The van der Waals surface area contributed by atoms with Gasteiger partial charge in [-0.05, 0) is 50.2 Å². The third kappa shape index (κ3) is 3.62. The van der Waals surface area contributed by atoms with Crippen molar-refractivity contribution in [3.63, 3.8) is 0 Å². The summed E-state index contributed by atoms with van der Waals surface area (Å²) in [6.45, 7) is 3.46. The van der Waals surface area contributed by atoms with Crippen LogP contribution >= 0.6 is 0 Å². The van der Waals surface area contributed by atoms with Gasteiger partial charge < -0.3 is 14.4 Å². The highest BCUT2D eigenvalue weighted by atomic mass is 32.2. The molecule has 0 aliphatic carbocycles. The molecule has 7 nitrogen and oxygen atoms in total. The monoisotopic (exact) mass is 440 g/mol. The lowest BCUT2D eigenvalue weighted by Gasteiger charge is -2.42. The van der Waals surface area contributed by atoms with E-state index in [2.05, 4.69) is 0 Å². The summed E-state index contributed by atoms with van der Waals surface area (Å²) in [7, 11) is -2.39. The normalized spacial score (nSPS) is 19.9. The van der Waals surface area contributed by atoms with Crippen molar-refractivity contribution in [2.24, 2.45) is 0 Å². The van der Waals surface area contributed by atoms with Gasteiger partial charge in [-0.25, -0.2) is 8.42 Å². The van der Waals surface area contributed by atoms with Gasteiger partial charge in [0.2, 0.25) is 0 Å². The van der Waals surface area contributed by atoms with Gasteiger partial charge in [0.05, 0.1) is 16.6 Å².